The summed E-state index contributed by atoms with van der Waals surface area (Å²) in [4.78, 5) is 8.41. The summed E-state index contributed by atoms with van der Waals surface area (Å²) in [5.74, 6) is 0.781. The molecule has 2 heterocycles. The molecule has 0 bridgehead atoms. The molecule has 0 fully saturated rings. The maximum absolute atomic E-state index is 5.65. The van der Waals surface area contributed by atoms with Crippen LogP contribution in [0.3, 0.4) is 0 Å². The van der Waals surface area contributed by atoms with E-state index in [1.807, 2.05) is 24.3 Å². The predicted molar refractivity (Wildman–Crippen MR) is 74.8 cm³/mol. The number of ether oxygens (including phenoxy) is 1. The molecule has 0 aliphatic carbocycles. The van der Waals surface area contributed by atoms with Gasteiger partial charge in [0.15, 0.2) is 0 Å². The van der Waals surface area contributed by atoms with Gasteiger partial charge in [-0.15, -0.1) is 0 Å². The fourth-order valence-electron chi connectivity index (χ4n) is 1.64. The van der Waals surface area contributed by atoms with Crippen molar-refractivity contribution in [1.82, 2.24) is 15.3 Å². The van der Waals surface area contributed by atoms with Crippen molar-refractivity contribution in [2.24, 2.45) is 0 Å². The summed E-state index contributed by atoms with van der Waals surface area (Å²) in [6, 6.07) is 7.83. The van der Waals surface area contributed by atoms with E-state index in [9.17, 15) is 0 Å². The fourth-order valence-corrected chi connectivity index (χ4v) is 1.64. The largest absolute Gasteiger partial charge is 0.487 e. The minimum absolute atomic E-state index is 0.517. The van der Waals surface area contributed by atoms with Crippen LogP contribution in [0.4, 0.5) is 0 Å². The number of nitrogens with zero attached hydrogens (tertiary/aromatic N) is 2. The van der Waals surface area contributed by atoms with Gasteiger partial charge < -0.3 is 10.1 Å². The number of pyridine rings is 2. The topological polar surface area (TPSA) is 47.0 Å². The zero-order chi connectivity index (χ0) is 13.3. The van der Waals surface area contributed by atoms with Crippen LogP contribution in [0.1, 0.15) is 24.6 Å². The van der Waals surface area contributed by atoms with Gasteiger partial charge in [-0.3, -0.25) is 9.97 Å². The van der Waals surface area contributed by atoms with E-state index in [1.165, 1.54) is 0 Å². The van der Waals surface area contributed by atoms with Crippen molar-refractivity contribution in [2.75, 3.05) is 6.54 Å². The fraction of sp³-hybridized carbons (Fsp3) is 0.333. The number of nitrogens with one attached hydrogen (secondary N) is 1. The number of aromatic nitrogens is 2. The van der Waals surface area contributed by atoms with Gasteiger partial charge in [0.05, 0.1) is 11.9 Å². The second kappa shape index (κ2) is 7.48. The Labute approximate surface area is 113 Å². The van der Waals surface area contributed by atoms with E-state index in [0.717, 1.165) is 36.5 Å². The molecule has 0 saturated heterocycles. The van der Waals surface area contributed by atoms with E-state index in [-0.39, 0.29) is 0 Å². The van der Waals surface area contributed by atoms with Crippen LogP contribution in [0, 0.1) is 0 Å². The number of hydrogen-bond acceptors (Lipinski definition) is 4. The van der Waals surface area contributed by atoms with Gasteiger partial charge in [-0.1, -0.05) is 13.0 Å². The maximum atomic E-state index is 5.65. The average Bonchev–Trinajstić information content (AvgIpc) is 2.48. The van der Waals surface area contributed by atoms with Gasteiger partial charge in [0.1, 0.15) is 12.4 Å². The highest BCUT2D eigenvalue weighted by molar-refractivity contribution is 5.20. The van der Waals surface area contributed by atoms with Gasteiger partial charge in [-0.05, 0) is 31.2 Å². The Bertz CT molecular complexity index is 471. The summed E-state index contributed by atoms with van der Waals surface area (Å²) in [7, 11) is 0. The molecular formula is C15H19N3O. The molecular weight excluding hydrogens is 238 g/mol. The molecule has 2 aromatic rings. The highest BCUT2D eigenvalue weighted by atomic mass is 16.5. The van der Waals surface area contributed by atoms with Gasteiger partial charge in [0.2, 0.25) is 0 Å². The van der Waals surface area contributed by atoms with Crippen molar-refractivity contribution >= 4 is 0 Å². The first kappa shape index (κ1) is 13.5. The molecule has 0 radical (unpaired) electrons. The Morgan fingerprint density at radius 3 is 2.84 bits per heavy atom. The van der Waals surface area contributed by atoms with Gasteiger partial charge in [0, 0.05) is 24.5 Å². The maximum Gasteiger partial charge on any atom is 0.138 e. The lowest BCUT2D eigenvalue weighted by Crippen LogP contribution is -2.14. The van der Waals surface area contributed by atoms with Crippen molar-refractivity contribution in [3.63, 3.8) is 0 Å². The summed E-state index contributed by atoms with van der Waals surface area (Å²) in [6.07, 6.45) is 6.45. The first-order chi connectivity index (χ1) is 9.38. The Morgan fingerprint density at radius 2 is 2.16 bits per heavy atom. The second-order valence-electron chi connectivity index (χ2n) is 4.31. The van der Waals surface area contributed by atoms with Crippen LogP contribution in [0.5, 0.6) is 5.75 Å². The number of hydrogen-bond donors (Lipinski definition) is 1. The van der Waals surface area contributed by atoms with Crippen molar-refractivity contribution in [3.05, 3.63) is 54.1 Å². The van der Waals surface area contributed by atoms with Crippen LogP contribution in [-0.2, 0) is 13.2 Å². The van der Waals surface area contributed by atoms with Crippen LogP contribution in [-0.4, -0.2) is 16.5 Å². The lowest BCUT2D eigenvalue weighted by atomic mass is 10.3. The summed E-state index contributed by atoms with van der Waals surface area (Å²) in [6.45, 7) is 4.48. The molecule has 4 nitrogen and oxygen atoms in total. The summed E-state index contributed by atoms with van der Waals surface area (Å²) in [5.41, 5.74) is 2.08. The van der Waals surface area contributed by atoms with E-state index in [2.05, 4.69) is 22.2 Å². The van der Waals surface area contributed by atoms with E-state index >= 15 is 0 Å². The minimum Gasteiger partial charge on any atom is -0.487 e. The Kier molecular flexibility index (Phi) is 5.31. The first-order valence-corrected chi connectivity index (χ1v) is 6.56. The van der Waals surface area contributed by atoms with E-state index in [4.69, 9.17) is 4.74 Å². The third-order valence-electron chi connectivity index (χ3n) is 2.66. The quantitative estimate of drug-likeness (QED) is 0.774. The first-order valence-electron chi connectivity index (χ1n) is 6.56. The summed E-state index contributed by atoms with van der Waals surface area (Å²) >= 11 is 0. The molecule has 0 amide bonds. The molecule has 0 aliphatic rings. The van der Waals surface area contributed by atoms with Crippen LogP contribution in [0.25, 0.3) is 0 Å². The molecule has 0 unspecified atom stereocenters. The molecule has 0 spiro atoms. The van der Waals surface area contributed by atoms with Crippen LogP contribution >= 0.6 is 0 Å². The molecule has 0 saturated carbocycles. The molecule has 2 rings (SSSR count). The Hall–Kier alpha value is -1.94. The van der Waals surface area contributed by atoms with Crippen molar-refractivity contribution in [3.8, 4) is 5.75 Å². The number of rotatable bonds is 7. The molecule has 0 aliphatic heterocycles. The average molecular weight is 257 g/mol. The van der Waals surface area contributed by atoms with Crippen molar-refractivity contribution < 1.29 is 4.74 Å². The van der Waals surface area contributed by atoms with Crippen molar-refractivity contribution in [2.45, 2.75) is 26.5 Å². The Balaban J connectivity index is 1.81. The highest BCUT2D eigenvalue weighted by Gasteiger charge is 1.98. The van der Waals surface area contributed by atoms with Crippen LogP contribution < -0.4 is 10.1 Å². The molecule has 0 aromatic carbocycles. The molecule has 2 aromatic heterocycles. The summed E-state index contributed by atoms with van der Waals surface area (Å²) < 4.78 is 5.65. The molecule has 4 heteroatoms. The SMILES string of the molecule is CCCNCc1ccc(OCc2cccnc2)cn1. The Morgan fingerprint density at radius 1 is 1.21 bits per heavy atom. The molecule has 19 heavy (non-hydrogen) atoms. The highest BCUT2D eigenvalue weighted by Crippen LogP contribution is 2.11. The second-order valence-corrected chi connectivity index (χ2v) is 4.31. The monoisotopic (exact) mass is 257 g/mol. The third-order valence-corrected chi connectivity index (χ3v) is 2.66. The molecule has 100 valence electrons. The lowest BCUT2D eigenvalue weighted by Gasteiger charge is -2.07. The van der Waals surface area contributed by atoms with Gasteiger partial charge >= 0.3 is 0 Å². The predicted octanol–water partition coefficient (Wildman–Crippen LogP) is 2.56. The van der Waals surface area contributed by atoms with Crippen molar-refractivity contribution in [1.29, 1.82) is 0 Å². The molecule has 1 N–H and O–H groups in total. The van der Waals surface area contributed by atoms with Gasteiger partial charge in [-0.25, -0.2) is 0 Å². The van der Waals surface area contributed by atoms with Gasteiger partial charge in [-0.2, -0.15) is 0 Å². The molecule has 0 atom stereocenters. The lowest BCUT2D eigenvalue weighted by molar-refractivity contribution is 0.304. The van der Waals surface area contributed by atoms with Gasteiger partial charge in [0.25, 0.3) is 0 Å². The minimum atomic E-state index is 0.517. The normalized spacial score (nSPS) is 10.4. The standard InChI is InChI=1S/C15H19N3O/c1-2-7-16-10-14-5-6-15(11-18-14)19-12-13-4-3-8-17-9-13/h3-6,8-9,11,16H,2,7,10,12H2,1H3. The van der Waals surface area contributed by atoms with Crippen LogP contribution in [0.15, 0.2) is 42.9 Å². The zero-order valence-corrected chi connectivity index (χ0v) is 11.2. The van der Waals surface area contributed by atoms with E-state index in [0.29, 0.717) is 6.61 Å². The zero-order valence-electron chi connectivity index (χ0n) is 11.2. The van der Waals surface area contributed by atoms with E-state index < -0.39 is 0 Å². The van der Waals surface area contributed by atoms with Crippen LogP contribution in [0.2, 0.25) is 0 Å². The summed E-state index contributed by atoms with van der Waals surface area (Å²) in [5, 5.41) is 3.32. The smallest absolute Gasteiger partial charge is 0.138 e. The van der Waals surface area contributed by atoms with E-state index in [1.54, 1.807) is 18.6 Å². The third kappa shape index (κ3) is 4.67.